The molecule has 3 N–H and O–H groups in total. The zero-order valence-electron chi connectivity index (χ0n) is 16.6. The fourth-order valence-corrected chi connectivity index (χ4v) is 2.62. The molecule has 1 atom stereocenters. The molecule has 0 aliphatic rings. The fraction of sp³-hybridized carbons (Fsp3) is 0.381. The van der Waals surface area contributed by atoms with Gasteiger partial charge >= 0.3 is 6.03 Å². The van der Waals surface area contributed by atoms with Gasteiger partial charge in [0.25, 0.3) is 0 Å². The molecule has 0 aliphatic carbocycles. The topological polar surface area (TPSA) is 92.3 Å². The highest BCUT2D eigenvalue weighted by Crippen LogP contribution is 2.14. The summed E-state index contributed by atoms with van der Waals surface area (Å²) in [6.07, 6.45) is 1.64. The summed E-state index contributed by atoms with van der Waals surface area (Å²) in [6, 6.07) is 12.2. The molecule has 0 saturated heterocycles. The average molecular weight is 384 g/mol. The molecule has 1 aromatic heterocycles. The largest absolute Gasteiger partial charge is 0.478 e. The van der Waals surface area contributed by atoms with E-state index in [1.54, 1.807) is 12.3 Å². The summed E-state index contributed by atoms with van der Waals surface area (Å²) >= 11 is 0. The summed E-state index contributed by atoms with van der Waals surface area (Å²) in [7, 11) is 0. The van der Waals surface area contributed by atoms with Crippen LogP contribution in [0.5, 0.6) is 5.88 Å². The van der Waals surface area contributed by atoms with Crippen LogP contribution in [0.1, 0.15) is 31.9 Å². The molecule has 1 aromatic carbocycles. The van der Waals surface area contributed by atoms with Crippen LogP contribution in [0.25, 0.3) is 0 Å². The number of rotatable bonds is 9. The maximum atomic E-state index is 12.6. The van der Waals surface area contributed by atoms with Crippen LogP contribution in [-0.4, -0.2) is 29.6 Å². The van der Waals surface area contributed by atoms with Crippen LogP contribution >= 0.6 is 0 Å². The van der Waals surface area contributed by atoms with Gasteiger partial charge in [0.15, 0.2) is 0 Å². The molecule has 0 radical (unpaired) electrons. The van der Waals surface area contributed by atoms with E-state index in [1.165, 1.54) is 0 Å². The summed E-state index contributed by atoms with van der Waals surface area (Å²) in [4.78, 5) is 29.0. The lowest BCUT2D eigenvalue weighted by Gasteiger charge is -2.22. The summed E-state index contributed by atoms with van der Waals surface area (Å²) < 4.78 is 5.47. The number of hydrogen-bond acceptors (Lipinski definition) is 4. The maximum absolute atomic E-state index is 12.6. The molecule has 0 saturated carbocycles. The van der Waals surface area contributed by atoms with Crippen LogP contribution in [0.2, 0.25) is 0 Å². The molecule has 28 heavy (non-hydrogen) atoms. The smallest absolute Gasteiger partial charge is 0.315 e. The molecular weight excluding hydrogens is 356 g/mol. The summed E-state index contributed by atoms with van der Waals surface area (Å²) in [5.41, 5.74) is 1.77. The zero-order chi connectivity index (χ0) is 20.4. The second-order valence-electron chi connectivity index (χ2n) is 6.65. The van der Waals surface area contributed by atoms with Crippen molar-refractivity contribution in [1.82, 2.24) is 20.9 Å². The van der Waals surface area contributed by atoms with Crippen molar-refractivity contribution in [1.29, 1.82) is 0 Å². The Labute approximate surface area is 165 Å². The van der Waals surface area contributed by atoms with Gasteiger partial charge in [0.05, 0.1) is 6.61 Å². The highest BCUT2D eigenvalue weighted by Gasteiger charge is 2.24. The number of nitrogens with zero attached hydrogens (tertiary/aromatic N) is 1. The first-order valence-corrected chi connectivity index (χ1v) is 9.44. The Balaban J connectivity index is 1.90. The average Bonchev–Trinajstić information content (AvgIpc) is 2.70. The third-order valence-corrected chi connectivity index (χ3v) is 4.12. The van der Waals surface area contributed by atoms with Crippen molar-refractivity contribution in [2.75, 3.05) is 6.61 Å². The van der Waals surface area contributed by atoms with Gasteiger partial charge in [0.1, 0.15) is 6.04 Å². The van der Waals surface area contributed by atoms with Gasteiger partial charge in [-0.1, -0.05) is 50.2 Å². The quantitative estimate of drug-likeness (QED) is 0.620. The molecule has 2 rings (SSSR count). The van der Waals surface area contributed by atoms with E-state index in [2.05, 4.69) is 20.9 Å². The Hall–Kier alpha value is -3.09. The van der Waals surface area contributed by atoms with Gasteiger partial charge in [-0.15, -0.1) is 0 Å². The van der Waals surface area contributed by atoms with Gasteiger partial charge in [0.2, 0.25) is 11.8 Å². The number of urea groups is 1. The number of carbonyl (C=O) groups is 2. The second-order valence-corrected chi connectivity index (χ2v) is 6.65. The first-order chi connectivity index (χ1) is 13.5. The van der Waals surface area contributed by atoms with Crippen LogP contribution in [0.15, 0.2) is 48.7 Å². The lowest BCUT2D eigenvalue weighted by atomic mass is 10.0. The van der Waals surface area contributed by atoms with Gasteiger partial charge < -0.3 is 20.7 Å². The number of benzene rings is 1. The first-order valence-electron chi connectivity index (χ1n) is 9.44. The molecule has 2 aromatic rings. The normalized spacial score (nSPS) is 11.6. The molecule has 0 fully saturated rings. The predicted molar refractivity (Wildman–Crippen MR) is 108 cm³/mol. The van der Waals surface area contributed by atoms with Crippen LogP contribution in [0, 0.1) is 5.92 Å². The molecule has 0 bridgehead atoms. The van der Waals surface area contributed by atoms with Gasteiger partial charge in [-0.3, -0.25) is 4.79 Å². The van der Waals surface area contributed by atoms with Crippen LogP contribution < -0.4 is 20.7 Å². The Kier molecular flexibility index (Phi) is 8.27. The fourth-order valence-electron chi connectivity index (χ4n) is 2.62. The van der Waals surface area contributed by atoms with Crippen LogP contribution in [0.4, 0.5) is 4.79 Å². The van der Waals surface area contributed by atoms with E-state index in [-0.39, 0.29) is 24.4 Å². The number of nitrogens with one attached hydrogen (secondary N) is 3. The monoisotopic (exact) mass is 384 g/mol. The molecule has 3 amide bonds. The Morgan fingerprint density at radius 2 is 1.79 bits per heavy atom. The van der Waals surface area contributed by atoms with Gasteiger partial charge in [0, 0.05) is 24.8 Å². The molecule has 150 valence electrons. The molecule has 7 nitrogen and oxygen atoms in total. The van der Waals surface area contributed by atoms with E-state index in [0.717, 1.165) is 11.1 Å². The molecule has 7 heteroatoms. The minimum atomic E-state index is -0.650. The van der Waals surface area contributed by atoms with E-state index >= 15 is 0 Å². The lowest BCUT2D eigenvalue weighted by molar-refractivity contribution is -0.124. The zero-order valence-corrected chi connectivity index (χ0v) is 16.6. The highest BCUT2D eigenvalue weighted by molar-refractivity contribution is 5.87. The highest BCUT2D eigenvalue weighted by atomic mass is 16.5. The lowest BCUT2D eigenvalue weighted by Crippen LogP contribution is -2.52. The van der Waals surface area contributed by atoms with Gasteiger partial charge in [-0.2, -0.15) is 0 Å². The van der Waals surface area contributed by atoms with E-state index in [1.807, 2.05) is 57.2 Å². The van der Waals surface area contributed by atoms with Crippen molar-refractivity contribution in [3.63, 3.8) is 0 Å². The van der Waals surface area contributed by atoms with Crippen molar-refractivity contribution in [2.45, 2.75) is 39.9 Å². The third-order valence-electron chi connectivity index (χ3n) is 4.12. The SMILES string of the molecule is CCOc1ncccc1CNC(=O)C(NC(=O)NCc1ccccc1)C(C)C. The van der Waals surface area contributed by atoms with Crippen LogP contribution in [0.3, 0.4) is 0 Å². The molecule has 1 heterocycles. The van der Waals surface area contributed by atoms with Crippen molar-refractivity contribution in [2.24, 2.45) is 5.92 Å². The van der Waals surface area contributed by atoms with E-state index in [9.17, 15) is 9.59 Å². The van der Waals surface area contributed by atoms with Gasteiger partial charge in [-0.25, -0.2) is 9.78 Å². The minimum absolute atomic E-state index is 0.0669. The Bertz CT molecular complexity index is 765. The van der Waals surface area contributed by atoms with E-state index < -0.39 is 6.04 Å². The molecule has 0 aliphatic heterocycles. The van der Waals surface area contributed by atoms with Crippen LogP contribution in [-0.2, 0) is 17.9 Å². The number of pyridine rings is 1. The number of carbonyl (C=O) groups excluding carboxylic acids is 2. The van der Waals surface area contributed by atoms with Gasteiger partial charge in [-0.05, 0) is 24.5 Å². The minimum Gasteiger partial charge on any atom is -0.478 e. The number of amides is 3. The standard InChI is InChI=1S/C21H28N4O3/c1-4-28-20-17(11-8-12-22-20)14-23-19(26)18(15(2)3)25-21(27)24-13-16-9-6-5-7-10-16/h5-12,15,18H,4,13-14H2,1-3H3,(H,23,26)(H2,24,25,27). The number of hydrogen-bond donors (Lipinski definition) is 3. The third kappa shape index (κ3) is 6.57. The van der Waals surface area contributed by atoms with Crippen molar-refractivity contribution < 1.29 is 14.3 Å². The number of ether oxygens (including phenoxy) is 1. The molecule has 0 spiro atoms. The number of aromatic nitrogens is 1. The van der Waals surface area contributed by atoms with Crippen molar-refractivity contribution >= 4 is 11.9 Å². The van der Waals surface area contributed by atoms with Crippen molar-refractivity contribution in [3.05, 3.63) is 59.8 Å². The predicted octanol–water partition coefficient (Wildman–Crippen LogP) is 2.62. The molecular formula is C21H28N4O3. The molecule has 1 unspecified atom stereocenters. The maximum Gasteiger partial charge on any atom is 0.315 e. The van der Waals surface area contributed by atoms with E-state index in [0.29, 0.717) is 19.0 Å². The summed E-state index contributed by atoms with van der Waals surface area (Å²) in [6.45, 7) is 6.82. The van der Waals surface area contributed by atoms with Crippen molar-refractivity contribution in [3.8, 4) is 5.88 Å². The van der Waals surface area contributed by atoms with E-state index in [4.69, 9.17) is 4.74 Å². The summed E-state index contributed by atoms with van der Waals surface area (Å²) in [5.74, 6) is 0.179. The first kappa shape index (κ1) is 21.2. The Morgan fingerprint density at radius 3 is 2.46 bits per heavy atom. The Morgan fingerprint density at radius 1 is 1.04 bits per heavy atom. The second kappa shape index (κ2) is 10.9. The summed E-state index contributed by atoms with van der Waals surface area (Å²) in [5, 5.41) is 8.39.